The summed E-state index contributed by atoms with van der Waals surface area (Å²) in [6.07, 6.45) is 0. The third-order valence-electron chi connectivity index (χ3n) is 1.43. The fourth-order valence-electron chi connectivity index (χ4n) is 0.832. The van der Waals surface area contributed by atoms with Crippen LogP contribution < -0.4 is 0 Å². The van der Waals surface area contributed by atoms with Gasteiger partial charge in [-0.15, -0.1) is 0 Å². The lowest BCUT2D eigenvalue weighted by atomic mass is 10.2. The van der Waals surface area contributed by atoms with Crippen LogP contribution in [0.25, 0.3) is 0 Å². The highest BCUT2D eigenvalue weighted by Gasteiger charge is 2.14. The van der Waals surface area contributed by atoms with Crippen molar-refractivity contribution in [3.63, 3.8) is 0 Å². The van der Waals surface area contributed by atoms with E-state index in [0.717, 1.165) is 3.57 Å². The topological polar surface area (TPSA) is 46.5 Å². The summed E-state index contributed by atoms with van der Waals surface area (Å²) in [6.45, 7) is 0. The van der Waals surface area contributed by atoms with E-state index in [1.165, 1.54) is 13.2 Å². The number of benzene rings is 1. The highest BCUT2D eigenvalue weighted by atomic mass is 127. The largest absolute Gasteiger partial charge is 0.505 e. The molecule has 0 fully saturated rings. The normalized spacial score (nSPS) is 9.77. The van der Waals surface area contributed by atoms with E-state index in [1.807, 2.05) is 22.6 Å². The zero-order chi connectivity index (χ0) is 10.0. The van der Waals surface area contributed by atoms with Gasteiger partial charge in [-0.1, -0.05) is 11.6 Å². The second kappa shape index (κ2) is 4.15. The standard InChI is InChI=1S/C8H6ClIO3/c1-13-8(12)5-2-4(10)3-6(9)7(5)11/h2-3,11H,1H3. The zero-order valence-electron chi connectivity index (χ0n) is 6.67. The maximum Gasteiger partial charge on any atom is 0.341 e. The number of methoxy groups -OCH3 is 1. The molecule has 3 nitrogen and oxygen atoms in total. The van der Waals surface area contributed by atoms with Crippen LogP contribution in [0.3, 0.4) is 0 Å². The van der Waals surface area contributed by atoms with Crippen LogP contribution in [0.1, 0.15) is 10.4 Å². The van der Waals surface area contributed by atoms with Gasteiger partial charge in [0, 0.05) is 3.57 Å². The van der Waals surface area contributed by atoms with Gasteiger partial charge in [0.05, 0.1) is 12.1 Å². The van der Waals surface area contributed by atoms with Gasteiger partial charge in [-0.25, -0.2) is 4.79 Å². The SMILES string of the molecule is COC(=O)c1cc(I)cc(Cl)c1O. The fourth-order valence-corrected chi connectivity index (χ4v) is 1.86. The smallest absolute Gasteiger partial charge is 0.341 e. The van der Waals surface area contributed by atoms with Crippen molar-refractivity contribution in [2.24, 2.45) is 0 Å². The molecular weight excluding hydrogens is 306 g/mol. The van der Waals surface area contributed by atoms with E-state index >= 15 is 0 Å². The van der Waals surface area contributed by atoms with Gasteiger partial charge in [-0.05, 0) is 34.7 Å². The quantitative estimate of drug-likeness (QED) is 0.640. The summed E-state index contributed by atoms with van der Waals surface area (Å²) in [6, 6.07) is 3.07. The summed E-state index contributed by atoms with van der Waals surface area (Å²) >= 11 is 7.65. The van der Waals surface area contributed by atoms with Gasteiger partial charge in [0.2, 0.25) is 0 Å². The molecule has 1 N–H and O–H groups in total. The zero-order valence-corrected chi connectivity index (χ0v) is 9.59. The van der Waals surface area contributed by atoms with Crippen molar-refractivity contribution in [1.82, 2.24) is 0 Å². The summed E-state index contributed by atoms with van der Waals surface area (Å²) in [5.74, 6) is -0.841. The molecule has 0 aliphatic carbocycles. The Morgan fingerprint density at radius 3 is 2.77 bits per heavy atom. The summed E-state index contributed by atoms with van der Waals surface area (Å²) in [7, 11) is 1.25. The Morgan fingerprint density at radius 1 is 1.62 bits per heavy atom. The summed E-state index contributed by atoms with van der Waals surface area (Å²) in [5, 5.41) is 9.53. The molecule has 0 aliphatic heterocycles. The Hall–Kier alpha value is -0.490. The maximum atomic E-state index is 11.1. The lowest BCUT2D eigenvalue weighted by Crippen LogP contribution is -2.02. The molecule has 0 atom stereocenters. The second-order valence-electron chi connectivity index (χ2n) is 2.28. The van der Waals surface area contributed by atoms with E-state index in [1.54, 1.807) is 6.07 Å². The van der Waals surface area contributed by atoms with Gasteiger partial charge in [0.15, 0.2) is 0 Å². The molecule has 0 saturated heterocycles. The predicted molar refractivity (Wildman–Crippen MR) is 57.2 cm³/mol. The maximum absolute atomic E-state index is 11.1. The number of carbonyl (C=O) groups excluding carboxylic acids is 1. The van der Waals surface area contributed by atoms with E-state index in [0.29, 0.717) is 0 Å². The van der Waals surface area contributed by atoms with Gasteiger partial charge in [-0.2, -0.15) is 0 Å². The van der Waals surface area contributed by atoms with Crippen molar-refractivity contribution < 1.29 is 14.6 Å². The molecule has 0 bridgehead atoms. The first-order valence-corrected chi connectivity index (χ1v) is 4.78. The molecule has 0 heterocycles. The van der Waals surface area contributed by atoms with Crippen LogP contribution in [-0.2, 0) is 4.74 Å². The molecule has 0 aromatic heterocycles. The van der Waals surface area contributed by atoms with Gasteiger partial charge in [0.1, 0.15) is 11.3 Å². The van der Waals surface area contributed by atoms with Gasteiger partial charge in [0.25, 0.3) is 0 Å². The molecule has 1 aromatic rings. The van der Waals surface area contributed by atoms with Crippen LogP contribution in [0.5, 0.6) is 5.75 Å². The second-order valence-corrected chi connectivity index (χ2v) is 3.93. The summed E-state index contributed by atoms with van der Waals surface area (Å²) in [4.78, 5) is 11.1. The average Bonchev–Trinajstić information content (AvgIpc) is 2.10. The average molecular weight is 312 g/mol. The molecule has 0 saturated carbocycles. The van der Waals surface area contributed by atoms with Gasteiger partial charge >= 0.3 is 5.97 Å². The molecule has 5 heteroatoms. The molecule has 0 amide bonds. The number of phenolic OH excluding ortho intramolecular Hbond substituents is 1. The van der Waals surface area contributed by atoms with E-state index in [-0.39, 0.29) is 16.3 Å². The minimum absolute atomic E-state index is 0.0828. The highest BCUT2D eigenvalue weighted by Crippen LogP contribution is 2.29. The Kier molecular flexibility index (Phi) is 3.38. The van der Waals surface area contributed by atoms with E-state index < -0.39 is 5.97 Å². The molecule has 13 heavy (non-hydrogen) atoms. The van der Waals surface area contributed by atoms with E-state index in [4.69, 9.17) is 11.6 Å². The number of halogens is 2. The molecule has 1 aromatic carbocycles. The first-order chi connectivity index (χ1) is 6.06. The highest BCUT2D eigenvalue weighted by molar-refractivity contribution is 14.1. The number of aromatic hydroxyl groups is 1. The number of hydrogen-bond acceptors (Lipinski definition) is 3. The number of carbonyl (C=O) groups is 1. The van der Waals surface area contributed by atoms with Crippen molar-refractivity contribution in [2.75, 3.05) is 7.11 Å². The molecule has 70 valence electrons. The minimum atomic E-state index is -0.599. The first-order valence-electron chi connectivity index (χ1n) is 3.32. The lowest BCUT2D eigenvalue weighted by molar-refractivity contribution is 0.0597. The fraction of sp³-hybridized carbons (Fsp3) is 0.125. The Bertz CT molecular complexity index is 351. The van der Waals surface area contributed by atoms with Crippen molar-refractivity contribution in [1.29, 1.82) is 0 Å². The monoisotopic (exact) mass is 312 g/mol. The molecule has 0 unspecified atom stereocenters. The predicted octanol–water partition coefficient (Wildman–Crippen LogP) is 2.44. The first kappa shape index (κ1) is 10.6. The third kappa shape index (κ3) is 2.25. The van der Waals surface area contributed by atoms with Crippen molar-refractivity contribution in [2.45, 2.75) is 0 Å². The minimum Gasteiger partial charge on any atom is -0.505 e. The van der Waals surface area contributed by atoms with E-state index in [2.05, 4.69) is 4.74 Å². The van der Waals surface area contributed by atoms with Crippen molar-refractivity contribution >= 4 is 40.2 Å². The van der Waals surface area contributed by atoms with E-state index in [9.17, 15) is 9.90 Å². The summed E-state index contributed by atoms with van der Waals surface area (Å²) < 4.78 is 5.23. The van der Waals surface area contributed by atoms with Crippen LogP contribution in [0.4, 0.5) is 0 Å². The van der Waals surface area contributed by atoms with Crippen LogP contribution in [-0.4, -0.2) is 18.2 Å². The van der Waals surface area contributed by atoms with Crippen molar-refractivity contribution in [3.05, 3.63) is 26.3 Å². The van der Waals surface area contributed by atoms with Crippen molar-refractivity contribution in [3.8, 4) is 5.75 Å². The van der Waals surface area contributed by atoms with Gasteiger partial charge < -0.3 is 9.84 Å². The number of phenols is 1. The van der Waals surface area contributed by atoms with Crippen LogP contribution in [0, 0.1) is 3.57 Å². The van der Waals surface area contributed by atoms with Crippen LogP contribution in [0.15, 0.2) is 12.1 Å². The van der Waals surface area contributed by atoms with Crippen LogP contribution >= 0.6 is 34.2 Å². The molecule has 0 spiro atoms. The lowest BCUT2D eigenvalue weighted by Gasteiger charge is -2.04. The molecule has 0 aliphatic rings. The molecular formula is C8H6ClIO3. The Labute approximate surface area is 93.8 Å². The van der Waals surface area contributed by atoms with Crippen LogP contribution in [0.2, 0.25) is 5.02 Å². The number of ether oxygens (including phenoxy) is 1. The number of esters is 1. The Balaban J connectivity index is 3.28. The number of rotatable bonds is 1. The number of hydrogen-bond donors (Lipinski definition) is 1. The van der Waals surface area contributed by atoms with Gasteiger partial charge in [-0.3, -0.25) is 0 Å². The third-order valence-corrected chi connectivity index (χ3v) is 2.34. The molecule has 0 radical (unpaired) electrons. The molecule has 1 rings (SSSR count). The Morgan fingerprint density at radius 2 is 2.23 bits per heavy atom. The summed E-state index contributed by atoms with van der Waals surface area (Å²) in [5.41, 5.74) is 0.0828.